The number of ether oxygens (including phenoxy) is 1. The molecule has 2 atom stereocenters. The molecule has 100 valence electrons. The minimum atomic E-state index is 0.449. The first kappa shape index (κ1) is 12.9. The van der Waals surface area contributed by atoms with Crippen LogP contribution in [0.5, 0.6) is 5.88 Å². The molecule has 1 saturated heterocycles. The zero-order valence-corrected chi connectivity index (χ0v) is 11.4. The van der Waals surface area contributed by atoms with Crippen LogP contribution in [0, 0.1) is 5.92 Å². The molecule has 18 heavy (non-hydrogen) atoms. The van der Waals surface area contributed by atoms with Gasteiger partial charge < -0.3 is 15.4 Å². The van der Waals surface area contributed by atoms with Gasteiger partial charge in [0.2, 0.25) is 5.88 Å². The van der Waals surface area contributed by atoms with E-state index in [0.29, 0.717) is 30.1 Å². The highest BCUT2D eigenvalue weighted by molar-refractivity contribution is 5.68. The van der Waals surface area contributed by atoms with Crippen LogP contribution in [0.4, 0.5) is 11.5 Å². The first-order valence-corrected chi connectivity index (χ1v) is 6.65. The Balaban J connectivity index is 2.29. The van der Waals surface area contributed by atoms with Gasteiger partial charge in [0.05, 0.1) is 6.61 Å². The second-order valence-electron chi connectivity index (χ2n) is 4.90. The van der Waals surface area contributed by atoms with Crippen molar-refractivity contribution in [2.45, 2.75) is 39.7 Å². The summed E-state index contributed by atoms with van der Waals surface area (Å²) in [6, 6.07) is 0.449. The number of nitrogens with two attached hydrogens (primary N) is 1. The predicted octanol–water partition coefficient (Wildman–Crippen LogP) is 2.08. The first-order chi connectivity index (χ1) is 8.65. The summed E-state index contributed by atoms with van der Waals surface area (Å²) >= 11 is 0. The van der Waals surface area contributed by atoms with Gasteiger partial charge in [0, 0.05) is 12.6 Å². The number of hydrogen-bond acceptors (Lipinski definition) is 5. The van der Waals surface area contributed by atoms with Crippen molar-refractivity contribution in [3.63, 3.8) is 0 Å². The highest BCUT2D eigenvalue weighted by Gasteiger charge is 2.27. The zero-order chi connectivity index (χ0) is 13.1. The Labute approximate surface area is 108 Å². The number of nitrogens with zero attached hydrogens (tertiary/aromatic N) is 3. The van der Waals surface area contributed by atoms with E-state index in [4.69, 9.17) is 10.5 Å². The van der Waals surface area contributed by atoms with Gasteiger partial charge in [-0.2, -0.15) is 4.98 Å². The number of rotatable bonds is 3. The van der Waals surface area contributed by atoms with E-state index >= 15 is 0 Å². The maximum atomic E-state index is 6.12. The Morgan fingerprint density at radius 1 is 1.44 bits per heavy atom. The summed E-state index contributed by atoms with van der Waals surface area (Å²) in [5.41, 5.74) is 6.67. The Kier molecular flexibility index (Phi) is 3.89. The van der Waals surface area contributed by atoms with Crippen molar-refractivity contribution in [1.29, 1.82) is 0 Å². The fraction of sp³-hybridized carbons (Fsp3) is 0.692. The fourth-order valence-electron chi connectivity index (χ4n) is 2.49. The molecule has 0 bridgehead atoms. The average Bonchev–Trinajstić information content (AvgIpc) is 2.36. The van der Waals surface area contributed by atoms with E-state index in [1.54, 1.807) is 0 Å². The molecule has 0 amide bonds. The summed E-state index contributed by atoms with van der Waals surface area (Å²) in [6.45, 7) is 7.99. The van der Waals surface area contributed by atoms with Crippen molar-refractivity contribution in [2.75, 3.05) is 23.8 Å². The Hall–Kier alpha value is -1.52. The molecule has 0 aromatic carbocycles. The van der Waals surface area contributed by atoms with Crippen molar-refractivity contribution in [2.24, 2.45) is 5.92 Å². The van der Waals surface area contributed by atoms with Crippen molar-refractivity contribution >= 4 is 11.5 Å². The van der Waals surface area contributed by atoms with E-state index in [0.717, 1.165) is 12.4 Å². The Morgan fingerprint density at radius 3 is 2.94 bits per heavy atom. The standard InChI is InChI=1S/C13H22N4O/c1-4-18-13-11(14)12(15-8-16-13)17-7-5-6-9(2)10(17)3/h8-10H,4-7,14H2,1-3H3. The molecule has 2 heterocycles. The molecule has 5 nitrogen and oxygen atoms in total. The number of hydrogen-bond donors (Lipinski definition) is 1. The lowest BCUT2D eigenvalue weighted by Crippen LogP contribution is -2.43. The molecule has 0 aliphatic carbocycles. The fourth-order valence-corrected chi connectivity index (χ4v) is 2.49. The van der Waals surface area contributed by atoms with Gasteiger partial charge in [0.1, 0.15) is 12.0 Å². The molecule has 1 fully saturated rings. The van der Waals surface area contributed by atoms with Crippen molar-refractivity contribution in [3.05, 3.63) is 6.33 Å². The Bertz CT molecular complexity index is 410. The minimum absolute atomic E-state index is 0.449. The quantitative estimate of drug-likeness (QED) is 0.889. The van der Waals surface area contributed by atoms with E-state index < -0.39 is 0 Å². The average molecular weight is 250 g/mol. The first-order valence-electron chi connectivity index (χ1n) is 6.65. The molecule has 0 spiro atoms. The second kappa shape index (κ2) is 5.42. The van der Waals surface area contributed by atoms with E-state index in [9.17, 15) is 0 Å². The largest absolute Gasteiger partial charge is 0.476 e. The van der Waals surface area contributed by atoms with Crippen molar-refractivity contribution in [3.8, 4) is 5.88 Å². The summed E-state index contributed by atoms with van der Waals surface area (Å²) in [5.74, 6) is 1.96. The SMILES string of the molecule is CCOc1ncnc(N2CCCC(C)C2C)c1N. The lowest BCUT2D eigenvalue weighted by Gasteiger charge is -2.39. The second-order valence-corrected chi connectivity index (χ2v) is 4.90. The van der Waals surface area contributed by atoms with Crippen LogP contribution in [0.2, 0.25) is 0 Å². The van der Waals surface area contributed by atoms with Gasteiger partial charge >= 0.3 is 0 Å². The van der Waals surface area contributed by atoms with Gasteiger partial charge in [-0.3, -0.25) is 0 Å². The summed E-state index contributed by atoms with van der Waals surface area (Å²) in [7, 11) is 0. The van der Waals surface area contributed by atoms with Gasteiger partial charge in [-0.05, 0) is 32.6 Å². The normalized spacial score (nSPS) is 24.1. The number of aromatic nitrogens is 2. The lowest BCUT2D eigenvalue weighted by molar-refractivity contribution is 0.327. The van der Waals surface area contributed by atoms with Crippen LogP contribution >= 0.6 is 0 Å². The number of piperidine rings is 1. The zero-order valence-electron chi connectivity index (χ0n) is 11.4. The molecule has 1 aliphatic heterocycles. The van der Waals surface area contributed by atoms with E-state index in [-0.39, 0.29) is 0 Å². The third-order valence-electron chi connectivity index (χ3n) is 3.75. The molecule has 0 saturated carbocycles. The molecule has 1 aromatic rings. The van der Waals surface area contributed by atoms with Gasteiger partial charge in [-0.25, -0.2) is 4.98 Å². The number of nitrogen functional groups attached to an aromatic ring is 1. The van der Waals surface area contributed by atoms with Crippen LogP contribution in [0.3, 0.4) is 0 Å². The van der Waals surface area contributed by atoms with Crippen LogP contribution < -0.4 is 15.4 Å². The lowest BCUT2D eigenvalue weighted by atomic mass is 9.92. The van der Waals surface area contributed by atoms with Crippen molar-refractivity contribution < 1.29 is 4.74 Å². The molecule has 2 N–H and O–H groups in total. The molecular formula is C13H22N4O. The topological polar surface area (TPSA) is 64.3 Å². The van der Waals surface area contributed by atoms with Gasteiger partial charge in [0.15, 0.2) is 5.82 Å². The van der Waals surface area contributed by atoms with Crippen molar-refractivity contribution in [1.82, 2.24) is 9.97 Å². The van der Waals surface area contributed by atoms with Gasteiger partial charge in [0.25, 0.3) is 0 Å². The third-order valence-corrected chi connectivity index (χ3v) is 3.75. The monoisotopic (exact) mass is 250 g/mol. The smallest absolute Gasteiger partial charge is 0.242 e. The maximum Gasteiger partial charge on any atom is 0.242 e. The van der Waals surface area contributed by atoms with Crippen LogP contribution in [0.25, 0.3) is 0 Å². The molecule has 5 heteroatoms. The third kappa shape index (κ3) is 2.35. The maximum absolute atomic E-state index is 6.12. The molecular weight excluding hydrogens is 228 g/mol. The van der Waals surface area contributed by atoms with Crippen LogP contribution in [0.15, 0.2) is 6.33 Å². The minimum Gasteiger partial charge on any atom is -0.476 e. The molecule has 1 aliphatic rings. The van der Waals surface area contributed by atoms with Gasteiger partial charge in [-0.15, -0.1) is 0 Å². The summed E-state index contributed by atoms with van der Waals surface area (Å²) < 4.78 is 5.43. The Morgan fingerprint density at radius 2 is 2.22 bits per heavy atom. The van der Waals surface area contributed by atoms with Crippen LogP contribution in [0.1, 0.15) is 33.6 Å². The molecule has 0 radical (unpaired) electrons. The highest BCUT2D eigenvalue weighted by atomic mass is 16.5. The van der Waals surface area contributed by atoms with Crippen LogP contribution in [-0.2, 0) is 0 Å². The summed E-state index contributed by atoms with van der Waals surface area (Å²) in [5, 5.41) is 0. The molecule has 1 aromatic heterocycles. The van der Waals surface area contributed by atoms with Gasteiger partial charge in [-0.1, -0.05) is 6.92 Å². The summed E-state index contributed by atoms with van der Waals surface area (Å²) in [6.07, 6.45) is 3.97. The van der Waals surface area contributed by atoms with E-state index in [1.807, 2.05) is 6.92 Å². The van der Waals surface area contributed by atoms with E-state index in [1.165, 1.54) is 19.2 Å². The highest BCUT2D eigenvalue weighted by Crippen LogP contribution is 2.33. The van der Waals surface area contributed by atoms with E-state index in [2.05, 4.69) is 28.7 Å². The number of anilines is 2. The predicted molar refractivity (Wildman–Crippen MR) is 72.8 cm³/mol. The molecule has 2 rings (SSSR count). The van der Waals surface area contributed by atoms with Crippen LogP contribution in [-0.4, -0.2) is 29.2 Å². The summed E-state index contributed by atoms with van der Waals surface area (Å²) in [4.78, 5) is 10.7. The molecule has 2 unspecified atom stereocenters.